The summed E-state index contributed by atoms with van der Waals surface area (Å²) in [4.78, 5) is 11.0. The molecule has 0 aromatic heterocycles. The van der Waals surface area contributed by atoms with Crippen molar-refractivity contribution in [3.05, 3.63) is 63.6 Å². The summed E-state index contributed by atoms with van der Waals surface area (Å²) >= 11 is 3.17. The van der Waals surface area contributed by atoms with Gasteiger partial charge < -0.3 is 9.84 Å². The predicted molar refractivity (Wildman–Crippen MR) is 76.6 cm³/mol. The maximum atomic E-state index is 11.0. The van der Waals surface area contributed by atoms with Gasteiger partial charge in [0.1, 0.15) is 12.4 Å². The van der Waals surface area contributed by atoms with E-state index in [-0.39, 0.29) is 12.2 Å². The molecular formula is C15H10BrNO3. The first-order chi connectivity index (χ1) is 9.60. The zero-order valence-electron chi connectivity index (χ0n) is 10.3. The van der Waals surface area contributed by atoms with Crippen LogP contribution >= 0.6 is 15.9 Å². The molecule has 1 N–H and O–H groups in total. The molecule has 2 aromatic carbocycles. The number of hydrogen-bond acceptors (Lipinski definition) is 3. The molecule has 0 atom stereocenters. The fourth-order valence-corrected chi connectivity index (χ4v) is 2.07. The van der Waals surface area contributed by atoms with Gasteiger partial charge in [0, 0.05) is 4.47 Å². The lowest BCUT2D eigenvalue weighted by Crippen LogP contribution is -2.00. The van der Waals surface area contributed by atoms with Gasteiger partial charge in [-0.3, -0.25) is 0 Å². The normalized spacial score (nSPS) is 9.80. The number of halogens is 1. The van der Waals surface area contributed by atoms with Gasteiger partial charge in [0.05, 0.1) is 17.2 Å². The van der Waals surface area contributed by atoms with Gasteiger partial charge >= 0.3 is 5.97 Å². The number of hydrogen-bond donors (Lipinski definition) is 1. The Labute approximate surface area is 124 Å². The minimum atomic E-state index is -1.02. The van der Waals surface area contributed by atoms with Crippen molar-refractivity contribution < 1.29 is 14.6 Å². The van der Waals surface area contributed by atoms with Gasteiger partial charge in [0.15, 0.2) is 0 Å². The number of carbonyl (C=O) groups is 1. The number of rotatable bonds is 4. The fraction of sp³-hybridized carbons (Fsp3) is 0.0667. The molecule has 0 saturated carbocycles. The standard InChI is InChI=1S/C15H10BrNO3/c16-14-5-4-12(7-13(14)15(18)19)20-9-11-3-1-2-10(6-11)8-17/h1-7H,9H2,(H,18,19). The Morgan fingerprint density at radius 2 is 2.10 bits per heavy atom. The highest BCUT2D eigenvalue weighted by atomic mass is 79.9. The highest BCUT2D eigenvalue weighted by Gasteiger charge is 2.09. The SMILES string of the molecule is N#Cc1cccc(COc2ccc(Br)c(C(=O)O)c2)c1. The smallest absolute Gasteiger partial charge is 0.336 e. The summed E-state index contributed by atoms with van der Waals surface area (Å²) in [5.41, 5.74) is 1.56. The molecule has 2 rings (SSSR count). The number of carboxylic acids is 1. The summed E-state index contributed by atoms with van der Waals surface area (Å²) in [6.07, 6.45) is 0. The number of nitrogens with zero attached hydrogens (tertiary/aromatic N) is 1. The van der Waals surface area contributed by atoms with Gasteiger partial charge in [0.25, 0.3) is 0 Å². The molecule has 0 bridgehead atoms. The third-order valence-corrected chi connectivity index (χ3v) is 3.32. The molecular weight excluding hydrogens is 322 g/mol. The molecule has 20 heavy (non-hydrogen) atoms. The van der Waals surface area contributed by atoms with E-state index in [1.807, 2.05) is 6.07 Å². The fourth-order valence-electron chi connectivity index (χ4n) is 1.66. The average molecular weight is 332 g/mol. The molecule has 0 fully saturated rings. The molecule has 0 spiro atoms. The monoisotopic (exact) mass is 331 g/mol. The quantitative estimate of drug-likeness (QED) is 0.929. The van der Waals surface area contributed by atoms with Crippen molar-refractivity contribution in [2.75, 3.05) is 0 Å². The molecule has 0 heterocycles. The van der Waals surface area contributed by atoms with Gasteiger partial charge in [-0.2, -0.15) is 5.26 Å². The molecule has 0 aliphatic rings. The van der Waals surface area contributed by atoms with E-state index in [1.54, 1.807) is 30.3 Å². The lowest BCUT2D eigenvalue weighted by molar-refractivity contribution is 0.0695. The molecule has 100 valence electrons. The van der Waals surface area contributed by atoms with Crippen LogP contribution in [0, 0.1) is 11.3 Å². The Balaban J connectivity index is 2.13. The topological polar surface area (TPSA) is 70.3 Å². The first-order valence-electron chi connectivity index (χ1n) is 5.75. The summed E-state index contributed by atoms with van der Waals surface area (Å²) < 4.78 is 6.05. The van der Waals surface area contributed by atoms with Crippen molar-refractivity contribution in [1.82, 2.24) is 0 Å². The van der Waals surface area contributed by atoms with E-state index in [2.05, 4.69) is 22.0 Å². The maximum absolute atomic E-state index is 11.0. The Bertz CT molecular complexity index is 692. The molecule has 0 saturated heterocycles. The Morgan fingerprint density at radius 3 is 2.80 bits per heavy atom. The first kappa shape index (κ1) is 14.1. The minimum Gasteiger partial charge on any atom is -0.489 e. The van der Waals surface area contributed by atoms with Crippen LogP contribution in [0.4, 0.5) is 0 Å². The van der Waals surface area contributed by atoms with Crippen LogP contribution in [-0.4, -0.2) is 11.1 Å². The molecule has 0 amide bonds. The van der Waals surface area contributed by atoms with Gasteiger partial charge in [-0.25, -0.2) is 4.79 Å². The molecule has 5 heteroatoms. The molecule has 0 radical (unpaired) electrons. The van der Waals surface area contributed by atoms with E-state index in [4.69, 9.17) is 15.1 Å². The molecule has 0 aliphatic heterocycles. The van der Waals surface area contributed by atoms with E-state index >= 15 is 0 Å². The number of benzene rings is 2. The van der Waals surface area contributed by atoms with Crippen LogP contribution in [-0.2, 0) is 6.61 Å². The summed E-state index contributed by atoms with van der Waals surface area (Å²) in [6, 6.07) is 13.9. The average Bonchev–Trinajstić information content (AvgIpc) is 2.46. The Kier molecular flexibility index (Phi) is 4.38. The van der Waals surface area contributed by atoms with E-state index in [0.717, 1.165) is 5.56 Å². The zero-order chi connectivity index (χ0) is 14.5. The van der Waals surface area contributed by atoms with E-state index in [0.29, 0.717) is 15.8 Å². The summed E-state index contributed by atoms with van der Waals surface area (Å²) in [7, 11) is 0. The van der Waals surface area contributed by atoms with E-state index in [9.17, 15) is 4.79 Å². The van der Waals surface area contributed by atoms with Crippen LogP contribution in [0.1, 0.15) is 21.5 Å². The third kappa shape index (κ3) is 3.37. The number of carboxylic acid groups (broad SMARTS) is 1. The van der Waals surface area contributed by atoms with Crippen molar-refractivity contribution in [3.8, 4) is 11.8 Å². The van der Waals surface area contributed by atoms with Gasteiger partial charge in [-0.05, 0) is 51.8 Å². The molecule has 4 nitrogen and oxygen atoms in total. The lowest BCUT2D eigenvalue weighted by atomic mass is 10.1. The molecule has 0 unspecified atom stereocenters. The zero-order valence-corrected chi connectivity index (χ0v) is 11.9. The number of aromatic carboxylic acids is 1. The third-order valence-electron chi connectivity index (χ3n) is 2.63. The van der Waals surface area contributed by atoms with E-state index in [1.165, 1.54) is 6.07 Å². The van der Waals surface area contributed by atoms with Crippen molar-refractivity contribution in [2.24, 2.45) is 0 Å². The molecule has 2 aromatic rings. The van der Waals surface area contributed by atoms with Gasteiger partial charge in [-0.15, -0.1) is 0 Å². The minimum absolute atomic E-state index is 0.147. The first-order valence-corrected chi connectivity index (χ1v) is 6.54. The second-order valence-corrected chi connectivity index (χ2v) is 4.90. The van der Waals surface area contributed by atoms with Gasteiger partial charge in [0.2, 0.25) is 0 Å². The van der Waals surface area contributed by atoms with E-state index < -0.39 is 5.97 Å². The highest BCUT2D eigenvalue weighted by molar-refractivity contribution is 9.10. The summed E-state index contributed by atoms with van der Waals surface area (Å²) in [6.45, 7) is 0.274. The Hall–Kier alpha value is -2.32. The number of ether oxygens (including phenoxy) is 1. The maximum Gasteiger partial charge on any atom is 0.336 e. The second kappa shape index (κ2) is 6.22. The molecule has 0 aliphatic carbocycles. The van der Waals surface area contributed by atoms with Crippen molar-refractivity contribution >= 4 is 21.9 Å². The van der Waals surface area contributed by atoms with Crippen molar-refractivity contribution in [3.63, 3.8) is 0 Å². The van der Waals surface area contributed by atoms with Crippen LogP contribution < -0.4 is 4.74 Å². The van der Waals surface area contributed by atoms with Crippen LogP contribution in [0.15, 0.2) is 46.9 Å². The summed E-state index contributed by atoms with van der Waals surface area (Å²) in [5.74, 6) is -0.554. The Morgan fingerprint density at radius 1 is 1.30 bits per heavy atom. The lowest BCUT2D eigenvalue weighted by Gasteiger charge is -2.08. The number of nitriles is 1. The predicted octanol–water partition coefficient (Wildman–Crippen LogP) is 3.60. The van der Waals surface area contributed by atoms with Crippen LogP contribution in [0.2, 0.25) is 0 Å². The summed E-state index contributed by atoms with van der Waals surface area (Å²) in [5, 5.41) is 17.8. The van der Waals surface area contributed by atoms with Crippen LogP contribution in [0.25, 0.3) is 0 Å². The van der Waals surface area contributed by atoms with Crippen molar-refractivity contribution in [1.29, 1.82) is 5.26 Å². The second-order valence-electron chi connectivity index (χ2n) is 4.05. The van der Waals surface area contributed by atoms with Crippen LogP contribution in [0.5, 0.6) is 5.75 Å². The van der Waals surface area contributed by atoms with Gasteiger partial charge in [-0.1, -0.05) is 12.1 Å². The van der Waals surface area contributed by atoms with Crippen LogP contribution in [0.3, 0.4) is 0 Å². The largest absolute Gasteiger partial charge is 0.489 e. The van der Waals surface area contributed by atoms with Crippen molar-refractivity contribution in [2.45, 2.75) is 6.61 Å². The highest BCUT2D eigenvalue weighted by Crippen LogP contribution is 2.23.